The van der Waals surface area contributed by atoms with E-state index in [2.05, 4.69) is 21.4 Å². The molecule has 0 bridgehead atoms. The summed E-state index contributed by atoms with van der Waals surface area (Å²) in [6.45, 7) is 2.44. The van der Waals surface area contributed by atoms with Crippen LogP contribution in [0.2, 0.25) is 0 Å². The molecule has 1 N–H and O–H groups in total. The SMILES string of the molecule is Cc1ccc(F)cc1C(C#N)NCCN=[N+]=[N-]. The Morgan fingerprint density at radius 1 is 1.65 bits per heavy atom. The summed E-state index contributed by atoms with van der Waals surface area (Å²) in [5, 5.41) is 15.3. The smallest absolute Gasteiger partial charge is 0.123 e. The van der Waals surface area contributed by atoms with E-state index >= 15 is 0 Å². The summed E-state index contributed by atoms with van der Waals surface area (Å²) in [6.07, 6.45) is 0. The maximum Gasteiger partial charge on any atom is 0.123 e. The Bertz CT molecular complexity index is 473. The predicted octanol–water partition coefficient (Wildman–Crippen LogP) is 2.60. The Hall–Kier alpha value is -2.09. The van der Waals surface area contributed by atoms with Crippen molar-refractivity contribution >= 4 is 0 Å². The fourth-order valence-corrected chi connectivity index (χ4v) is 1.45. The Kier molecular flexibility index (Phi) is 4.95. The molecule has 0 amide bonds. The number of nitriles is 1. The van der Waals surface area contributed by atoms with E-state index < -0.39 is 6.04 Å². The zero-order valence-electron chi connectivity index (χ0n) is 9.39. The molecular weight excluding hydrogens is 221 g/mol. The number of benzene rings is 1. The highest BCUT2D eigenvalue weighted by molar-refractivity contribution is 5.32. The highest BCUT2D eigenvalue weighted by atomic mass is 19.1. The van der Waals surface area contributed by atoms with Gasteiger partial charge in [0, 0.05) is 18.0 Å². The molecule has 1 rings (SSSR count). The van der Waals surface area contributed by atoms with E-state index in [-0.39, 0.29) is 12.4 Å². The first-order valence-electron chi connectivity index (χ1n) is 5.09. The number of azide groups is 1. The molecule has 1 aromatic rings. The van der Waals surface area contributed by atoms with E-state index in [4.69, 9.17) is 10.8 Å². The van der Waals surface area contributed by atoms with Crippen LogP contribution < -0.4 is 5.32 Å². The summed E-state index contributed by atoms with van der Waals surface area (Å²) in [7, 11) is 0. The third-order valence-electron chi connectivity index (χ3n) is 2.30. The molecule has 0 saturated heterocycles. The van der Waals surface area contributed by atoms with Crippen LogP contribution in [0, 0.1) is 24.1 Å². The first-order chi connectivity index (χ1) is 8.19. The minimum absolute atomic E-state index is 0.253. The van der Waals surface area contributed by atoms with Gasteiger partial charge in [-0.3, -0.25) is 5.32 Å². The van der Waals surface area contributed by atoms with E-state index in [0.29, 0.717) is 12.1 Å². The van der Waals surface area contributed by atoms with E-state index in [1.807, 2.05) is 6.92 Å². The minimum atomic E-state index is -0.598. The summed E-state index contributed by atoms with van der Waals surface area (Å²) in [5.74, 6) is -0.373. The molecule has 0 radical (unpaired) electrons. The van der Waals surface area contributed by atoms with Gasteiger partial charge in [0.25, 0.3) is 0 Å². The molecule has 0 spiro atoms. The van der Waals surface area contributed by atoms with Crippen LogP contribution >= 0.6 is 0 Å². The van der Waals surface area contributed by atoms with Gasteiger partial charge in [0.05, 0.1) is 6.07 Å². The molecule has 0 heterocycles. The first-order valence-corrected chi connectivity index (χ1v) is 5.09. The lowest BCUT2D eigenvalue weighted by molar-refractivity contribution is 0.605. The van der Waals surface area contributed by atoms with Crippen LogP contribution in [0.3, 0.4) is 0 Å². The van der Waals surface area contributed by atoms with Crippen LogP contribution in [0.4, 0.5) is 4.39 Å². The zero-order valence-corrected chi connectivity index (χ0v) is 9.39. The Labute approximate surface area is 98.5 Å². The molecule has 1 atom stereocenters. The van der Waals surface area contributed by atoms with Crippen molar-refractivity contribution in [1.82, 2.24) is 5.32 Å². The minimum Gasteiger partial charge on any atom is -0.298 e. The first kappa shape index (κ1) is 13.0. The lowest BCUT2D eigenvalue weighted by Gasteiger charge is -2.13. The highest BCUT2D eigenvalue weighted by Gasteiger charge is 2.12. The van der Waals surface area contributed by atoms with Crippen LogP contribution in [0.5, 0.6) is 0 Å². The van der Waals surface area contributed by atoms with E-state index in [1.165, 1.54) is 12.1 Å². The fourth-order valence-electron chi connectivity index (χ4n) is 1.45. The van der Waals surface area contributed by atoms with E-state index in [1.54, 1.807) is 6.07 Å². The summed E-state index contributed by atoms with van der Waals surface area (Å²) >= 11 is 0. The number of nitrogens with zero attached hydrogens (tertiary/aromatic N) is 4. The lowest BCUT2D eigenvalue weighted by atomic mass is 10.0. The van der Waals surface area contributed by atoms with Gasteiger partial charge in [-0.05, 0) is 35.7 Å². The van der Waals surface area contributed by atoms with Gasteiger partial charge in [0.2, 0.25) is 0 Å². The molecule has 5 nitrogen and oxygen atoms in total. The van der Waals surface area contributed by atoms with Crippen molar-refractivity contribution in [2.75, 3.05) is 13.1 Å². The summed E-state index contributed by atoms with van der Waals surface area (Å²) in [6, 6.07) is 5.77. The molecule has 0 fully saturated rings. The number of hydrogen-bond acceptors (Lipinski definition) is 3. The number of nitrogens with one attached hydrogen (secondary N) is 1. The maximum absolute atomic E-state index is 13.1. The molecule has 0 aliphatic carbocycles. The van der Waals surface area contributed by atoms with Gasteiger partial charge >= 0.3 is 0 Å². The van der Waals surface area contributed by atoms with Gasteiger partial charge in [-0.2, -0.15) is 5.26 Å². The van der Waals surface area contributed by atoms with Crippen molar-refractivity contribution in [3.05, 3.63) is 45.6 Å². The van der Waals surface area contributed by atoms with Crippen molar-refractivity contribution in [2.45, 2.75) is 13.0 Å². The molecule has 0 aliphatic heterocycles. The second kappa shape index (κ2) is 6.48. The van der Waals surface area contributed by atoms with Gasteiger partial charge in [0.1, 0.15) is 11.9 Å². The van der Waals surface area contributed by atoms with Crippen molar-refractivity contribution in [2.24, 2.45) is 5.11 Å². The van der Waals surface area contributed by atoms with Crippen LogP contribution in [0.15, 0.2) is 23.3 Å². The molecule has 0 aliphatic rings. The van der Waals surface area contributed by atoms with Crippen LogP contribution in [0.1, 0.15) is 17.2 Å². The van der Waals surface area contributed by atoms with Crippen LogP contribution in [0.25, 0.3) is 10.4 Å². The third kappa shape index (κ3) is 3.76. The van der Waals surface area contributed by atoms with Gasteiger partial charge in [-0.15, -0.1) is 0 Å². The molecule has 6 heteroatoms. The van der Waals surface area contributed by atoms with Crippen molar-refractivity contribution in [3.8, 4) is 6.07 Å². The summed E-state index contributed by atoms with van der Waals surface area (Å²) in [4.78, 5) is 2.60. The van der Waals surface area contributed by atoms with Crippen LogP contribution in [-0.4, -0.2) is 13.1 Å². The van der Waals surface area contributed by atoms with Gasteiger partial charge in [0.15, 0.2) is 0 Å². The fraction of sp³-hybridized carbons (Fsp3) is 0.364. The standard InChI is InChI=1S/C11H12FN5/c1-8-2-3-9(12)6-10(8)11(7-13)15-4-5-16-17-14/h2-3,6,11,15H,4-5H2,1H3. The normalized spacial score (nSPS) is 11.4. The summed E-state index contributed by atoms with van der Waals surface area (Å²) in [5.41, 5.74) is 9.55. The van der Waals surface area contributed by atoms with Crippen molar-refractivity contribution in [3.63, 3.8) is 0 Å². The maximum atomic E-state index is 13.1. The number of hydrogen-bond donors (Lipinski definition) is 1. The van der Waals surface area contributed by atoms with E-state index in [0.717, 1.165) is 5.56 Å². The van der Waals surface area contributed by atoms with Crippen molar-refractivity contribution in [1.29, 1.82) is 5.26 Å². The molecule has 17 heavy (non-hydrogen) atoms. The lowest BCUT2D eigenvalue weighted by Crippen LogP contribution is -2.23. The second-order valence-electron chi connectivity index (χ2n) is 3.47. The average molecular weight is 233 g/mol. The molecule has 1 aromatic carbocycles. The molecule has 88 valence electrons. The number of halogens is 1. The van der Waals surface area contributed by atoms with E-state index in [9.17, 15) is 4.39 Å². The Morgan fingerprint density at radius 2 is 2.41 bits per heavy atom. The molecular formula is C11H12FN5. The average Bonchev–Trinajstić information content (AvgIpc) is 2.33. The predicted molar refractivity (Wildman–Crippen MR) is 61.5 cm³/mol. The largest absolute Gasteiger partial charge is 0.298 e. The quantitative estimate of drug-likeness (QED) is 0.367. The van der Waals surface area contributed by atoms with Crippen LogP contribution in [-0.2, 0) is 0 Å². The molecule has 1 unspecified atom stereocenters. The molecule has 0 aromatic heterocycles. The third-order valence-corrected chi connectivity index (χ3v) is 2.30. The van der Waals surface area contributed by atoms with Gasteiger partial charge < -0.3 is 0 Å². The topological polar surface area (TPSA) is 84.6 Å². The van der Waals surface area contributed by atoms with Gasteiger partial charge in [-0.1, -0.05) is 11.2 Å². The molecule has 0 saturated carbocycles. The number of rotatable bonds is 5. The van der Waals surface area contributed by atoms with Gasteiger partial charge in [-0.25, -0.2) is 4.39 Å². The van der Waals surface area contributed by atoms with Crippen molar-refractivity contribution < 1.29 is 4.39 Å². The second-order valence-corrected chi connectivity index (χ2v) is 3.47. The number of aryl methyl sites for hydroxylation is 1. The monoisotopic (exact) mass is 233 g/mol. The highest BCUT2D eigenvalue weighted by Crippen LogP contribution is 2.18. The zero-order chi connectivity index (χ0) is 12.7. The Morgan fingerprint density at radius 3 is 3.06 bits per heavy atom. The Balaban J connectivity index is 2.76. The summed E-state index contributed by atoms with van der Waals surface area (Å²) < 4.78 is 13.1.